The highest BCUT2D eigenvalue weighted by Gasteiger charge is 2.25. The molecule has 1 aromatic carbocycles. The number of anilines is 2. The van der Waals surface area contributed by atoms with Crippen LogP contribution in [0.15, 0.2) is 30.3 Å². The molecular weight excluding hydrogens is 369 g/mol. The normalized spacial score (nSPS) is 18.0. The van der Waals surface area contributed by atoms with Crippen LogP contribution in [0.25, 0.3) is 0 Å². The van der Waals surface area contributed by atoms with Gasteiger partial charge in [0, 0.05) is 37.9 Å². The fraction of sp³-hybridized carbons (Fsp3) is 0.500. The van der Waals surface area contributed by atoms with Gasteiger partial charge in [0.15, 0.2) is 0 Å². The van der Waals surface area contributed by atoms with E-state index in [1.807, 2.05) is 17.9 Å². The molecular formula is C22H28FN5O. The van der Waals surface area contributed by atoms with Crippen LogP contribution in [0.5, 0.6) is 0 Å². The minimum atomic E-state index is -0.225. The third-order valence-corrected chi connectivity index (χ3v) is 5.77. The van der Waals surface area contributed by atoms with Crippen molar-refractivity contribution in [3.05, 3.63) is 47.5 Å². The van der Waals surface area contributed by atoms with Gasteiger partial charge in [0.05, 0.1) is 5.69 Å². The second kappa shape index (κ2) is 8.76. The first-order valence-electron chi connectivity index (χ1n) is 10.5. The minimum absolute atomic E-state index is 0.0876. The number of nitrogens with zero attached hydrogens (tertiary/aromatic N) is 4. The number of para-hydroxylation sites is 1. The molecule has 0 unspecified atom stereocenters. The zero-order valence-electron chi connectivity index (χ0n) is 16.9. The number of hydrogen-bond donors (Lipinski definition) is 1. The van der Waals surface area contributed by atoms with Crippen molar-refractivity contribution in [1.29, 1.82) is 0 Å². The lowest BCUT2D eigenvalue weighted by molar-refractivity contribution is 0.0740. The number of aryl methyl sites for hydroxylation is 1. The number of aromatic nitrogens is 2. The molecule has 4 rings (SSSR count). The van der Waals surface area contributed by atoms with Gasteiger partial charge >= 0.3 is 0 Å². The maximum atomic E-state index is 14.0. The molecule has 0 bridgehead atoms. The van der Waals surface area contributed by atoms with Crippen molar-refractivity contribution in [2.45, 2.75) is 45.1 Å². The van der Waals surface area contributed by atoms with E-state index in [0.29, 0.717) is 49.6 Å². The Kier molecular flexibility index (Phi) is 5.92. The second-order valence-corrected chi connectivity index (χ2v) is 7.93. The number of halogens is 1. The number of carbonyl (C=O) groups excluding carboxylic acids is 1. The van der Waals surface area contributed by atoms with E-state index in [9.17, 15) is 9.18 Å². The van der Waals surface area contributed by atoms with Crippen molar-refractivity contribution in [2.24, 2.45) is 0 Å². The molecule has 2 aromatic rings. The van der Waals surface area contributed by atoms with Crippen molar-refractivity contribution in [1.82, 2.24) is 14.9 Å². The molecule has 1 saturated carbocycles. The summed E-state index contributed by atoms with van der Waals surface area (Å²) in [7, 11) is 0. The number of piperazine rings is 1. The van der Waals surface area contributed by atoms with Crippen LogP contribution in [0.4, 0.5) is 16.0 Å². The molecule has 1 aliphatic heterocycles. The van der Waals surface area contributed by atoms with Gasteiger partial charge in [-0.1, -0.05) is 31.4 Å². The number of hydrogen-bond acceptors (Lipinski definition) is 5. The largest absolute Gasteiger partial charge is 0.366 e. The van der Waals surface area contributed by atoms with Crippen molar-refractivity contribution >= 4 is 17.5 Å². The van der Waals surface area contributed by atoms with E-state index in [-0.39, 0.29) is 11.7 Å². The standard InChI is InChI=1S/C22H28FN5O/c1-16-15-19(26-22(24-16)25-17-7-3-2-4-8-17)21(29)28-13-11-27(12-14-28)20-10-6-5-9-18(20)23/h5-6,9-10,15,17H,2-4,7-8,11-14H2,1H3,(H,24,25,26). The van der Waals surface area contributed by atoms with Gasteiger partial charge in [-0.3, -0.25) is 4.79 Å². The molecule has 0 radical (unpaired) electrons. The van der Waals surface area contributed by atoms with Crippen molar-refractivity contribution in [3.63, 3.8) is 0 Å². The molecule has 7 heteroatoms. The summed E-state index contributed by atoms with van der Waals surface area (Å²) in [6, 6.07) is 8.91. The molecule has 2 fully saturated rings. The number of benzene rings is 1. The first kappa shape index (κ1) is 19.6. The van der Waals surface area contributed by atoms with Crippen LogP contribution in [-0.2, 0) is 0 Å². The summed E-state index contributed by atoms with van der Waals surface area (Å²) < 4.78 is 14.0. The van der Waals surface area contributed by atoms with E-state index >= 15 is 0 Å². The second-order valence-electron chi connectivity index (χ2n) is 7.93. The van der Waals surface area contributed by atoms with Gasteiger partial charge in [0.1, 0.15) is 11.5 Å². The van der Waals surface area contributed by atoms with Crippen LogP contribution in [0.1, 0.15) is 48.3 Å². The van der Waals surface area contributed by atoms with Crippen molar-refractivity contribution in [3.8, 4) is 0 Å². The Bertz CT molecular complexity index is 860. The van der Waals surface area contributed by atoms with Crippen molar-refractivity contribution < 1.29 is 9.18 Å². The Morgan fingerprint density at radius 1 is 1.07 bits per heavy atom. The highest BCUT2D eigenvalue weighted by Crippen LogP contribution is 2.22. The van der Waals surface area contributed by atoms with Gasteiger partial charge in [-0.15, -0.1) is 0 Å². The average molecular weight is 397 g/mol. The molecule has 2 aliphatic rings. The molecule has 0 atom stereocenters. The lowest BCUT2D eigenvalue weighted by Crippen LogP contribution is -2.49. The lowest BCUT2D eigenvalue weighted by Gasteiger charge is -2.36. The van der Waals surface area contributed by atoms with Gasteiger partial charge in [-0.05, 0) is 38.0 Å². The van der Waals surface area contributed by atoms with Crippen LogP contribution in [0, 0.1) is 12.7 Å². The van der Waals surface area contributed by atoms with Crippen molar-refractivity contribution in [2.75, 3.05) is 36.4 Å². The zero-order chi connectivity index (χ0) is 20.2. The Balaban J connectivity index is 1.41. The molecule has 1 aliphatic carbocycles. The summed E-state index contributed by atoms with van der Waals surface area (Å²) in [5.41, 5.74) is 1.80. The Morgan fingerprint density at radius 3 is 2.52 bits per heavy atom. The van der Waals surface area contributed by atoms with Crippen LogP contribution in [-0.4, -0.2) is 53.0 Å². The van der Waals surface area contributed by atoms with E-state index in [2.05, 4.69) is 15.3 Å². The van der Waals surface area contributed by atoms with Crippen LogP contribution in [0.2, 0.25) is 0 Å². The van der Waals surface area contributed by atoms with Gasteiger partial charge in [0.2, 0.25) is 5.95 Å². The Morgan fingerprint density at radius 2 is 1.79 bits per heavy atom. The number of carbonyl (C=O) groups is 1. The summed E-state index contributed by atoms with van der Waals surface area (Å²) in [5, 5.41) is 3.41. The Labute approximate surface area is 171 Å². The van der Waals surface area contributed by atoms with E-state index in [4.69, 9.17) is 0 Å². The molecule has 1 saturated heterocycles. The Hall–Kier alpha value is -2.70. The molecule has 1 N–H and O–H groups in total. The molecule has 0 spiro atoms. The molecule has 6 nitrogen and oxygen atoms in total. The van der Waals surface area contributed by atoms with Crippen LogP contribution < -0.4 is 10.2 Å². The van der Waals surface area contributed by atoms with Gasteiger partial charge in [-0.2, -0.15) is 0 Å². The van der Waals surface area contributed by atoms with E-state index in [1.165, 1.54) is 25.3 Å². The summed E-state index contributed by atoms with van der Waals surface area (Å²) in [5.74, 6) is 0.234. The predicted octanol–water partition coefficient (Wildman–Crippen LogP) is 3.63. The number of amides is 1. The quantitative estimate of drug-likeness (QED) is 0.854. The third kappa shape index (κ3) is 4.66. The minimum Gasteiger partial charge on any atom is -0.366 e. The molecule has 29 heavy (non-hydrogen) atoms. The summed E-state index contributed by atoms with van der Waals surface area (Å²) in [4.78, 5) is 25.8. The molecule has 1 aromatic heterocycles. The predicted molar refractivity (Wildman–Crippen MR) is 112 cm³/mol. The highest BCUT2D eigenvalue weighted by atomic mass is 19.1. The number of rotatable bonds is 4. The van der Waals surface area contributed by atoms with Crippen LogP contribution >= 0.6 is 0 Å². The molecule has 154 valence electrons. The molecule has 1 amide bonds. The van der Waals surface area contributed by atoms with Crippen LogP contribution in [0.3, 0.4) is 0 Å². The van der Waals surface area contributed by atoms with Gasteiger partial charge < -0.3 is 15.1 Å². The monoisotopic (exact) mass is 397 g/mol. The third-order valence-electron chi connectivity index (χ3n) is 5.77. The fourth-order valence-electron chi connectivity index (χ4n) is 4.19. The smallest absolute Gasteiger partial charge is 0.272 e. The van der Waals surface area contributed by atoms with E-state index < -0.39 is 0 Å². The summed E-state index contributed by atoms with van der Waals surface area (Å²) in [6.07, 6.45) is 5.98. The average Bonchev–Trinajstić information content (AvgIpc) is 2.74. The lowest BCUT2D eigenvalue weighted by atomic mass is 9.96. The van der Waals surface area contributed by atoms with Gasteiger partial charge in [0.25, 0.3) is 5.91 Å². The number of nitrogens with one attached hydrogen (secondary N) is 1. The first-order chi connectivity index (χ1) is 14.1. The SMILES string of the molecule is Cc1cc(C(=O)N2CCN(c3ccccc3F)CC2)nc(NC2CCCCC2)n1. The summed E-state index contributed by atoms with van der Waals surface area (Å²) >= 11 is 0. The molecule has 2 heterocycles. The zero-order valence-corrected chi connectivity index (χ0v) is 16.9. The van der Waals surface area contributed by atoms with E-state index in [0.717, 1.165) is 18.5 Å². The highest BCUT2D eigenvalue weighted by molar-refractivity contribution is 5.92. The van der Waals surface area contributed by atoms with Gasteiger partial charge in [-0.25, -0.2) is 14.4 Å². The summed E-state index contributed by atoms with van der Waals surface area (Å²) in [6.45, 7) is 4.18. The maximum absolute atomic E-state index is 14.0. The topological polar surface area (TPSA) is 61.4 Å². The van der Waals surface area contributed by atoms with E-state index in [1.54, 1.807) is 23.1 Å². The maximum Gasteiger partial charge on any atom is 0.272 e. The fourth-order valence-corrected chi connectivity index (χ4v) is 4.19. The first-order valence-corrected chi connectivity index (χ1v) is 10.5.